The smallest absolute Gasteiger partial charge is 0.245 e. The van der Waals surface area contributed by atoms with Crippen LogP contribution < -0.4 is 5.32 Å². The summed E-state index contributed by atoms with van der Waals surface area (Å²) in [7, 11) is -4.17. The summed E-state index contributed by atoms with van der Waals surface area (Å²) in [6, 6.07) is 17.5. The molecule has 3 rings (SSSR count). The van der Waals surface area contributed by atoms with Gasteiger partial charge in [-0.3, -0.25) is 4.79 Å². The second-order valence-corrected chi connectivity index (χ2v) is 10.5. The van der Waals surface area contributed by atoms with Crippen LogP contribution in [-0.4, -0.2) is 31.7 Å². The lowest BCUT2D eigenvalue weighted by molar-refractivity contribution is -0.116. The summed E-state index contributed by atoms with van der Waals surface area (Å²) in [5.41, 5.74) is 0.837. The summed E-state index contributed by atoms with van der Waals surface area (Å²) in [5, 5.41) is 2.59. The third-order valence-electron chi connectivity index (χ3n) is 4.53. The molecule has 1 amide bonds. The van der Waals surface area contributed by atoms with Crippen LogP contribution >= 0.6 is 39.1 Å². The van der Waals surface area contributed by atoms with Gasteiger partial charge in [0.15, 0.2) is 0 Å². The van der Waals surface area contributed by atoms with E-state index in [4.69, 9.17) is 23.2 Å². The van der Waals surface area contributed by atoms with Crippen LogP contribution in [0.25, 0.3) is 0 Å². The zero-order valence-corrected chi connectivity index (χ0v) is 20.5. The van der Waals surface area contributed by atoms with Crippen molar-refractivity contribution in [2.45, 2.75) is 11.3 Å². The lowest BCUT2D eigenvalue weighted by atomic mass is 10.1. The molecule has 0 atom stereocenters. The molecule has 0 aliphatic carbocycles. The number of carbonyl (C=O) groups excluding carboxylic acids is 1. The first kappa shape index (κ1) is 24.7. The second kappa shape index (κ2) is 10.8. The number of amides is 1. The lowest BCUT2D eigenvalue weighted by Gasteiger charge is -2.22. The number of sulfonamides is 1. The molecule has 0 fully saturated rings. The summed E-state index contributed by atoms with van der Waals surface area (Å²) in [4.78, 5) is 12.4. The van der Waals surface area contributed by atoms with E-state index in [-0.39, 0.29) is 27.2 Å². The summed E-state index contributed by atoms with van der Waals surface area (Å²) in [5.74, 6) is -1.34. The number of hydrogen-bond donors (Lipinski definition) is 1. The number of anilines is 1. The van der Waals surface area contributed by atoms with Gasteiger partial charge in [-0.25, -0.2) is 12.8 Å². The maximum absolute atomic E-state index is 14.1. The van der Waals surface area contributed by atoms with Gasteiger partial charge in [0.2, 0.25) is 15.9 Å². The van der Waals surface area contributed by atoms with Crippen LogP contribution in [0.15, 0.2) is 76.1 Å². The fourth-order valence-corrected chi connectivity index (χ4v) is 5.40. The minimum absolute atomic E-state index is 0.00539. The predicted molar refractivity (Wildman–Crippen MR) is 128 cm³/mol. The minimum Gasteiger partial charge on any atom is -0.322 e. The van der Waals surface area contributed by atoms with Crippen LogP contribution in [0, 0.1) is 5.82 Å². The first-order valence-corrected chi connectivity index (χ1v) is 12.4. The molecule has 0 radical (unpaired) electrons. The molecular formula is C22H18BrCl2FN2O3S. The number of nitrogens with zero attached hydrogens (tertiary/aromatic N) is 1. The Hall–Kier alpha value is -1.97. The highest BCUT2D eigenvalue weighted by Crippen LogP contribution is 2.28. The van der Waals surface area contributed by atoms with Gasteiger partial charge in [-0.2, -0.15) is 4.31 Å². The van der Waals surface area contributed by atoms with Crippen LogP contribution in [0.4, 0.5) is 10.1 Å². The van der Waals surface area contributed by atoms with Crippen LogP contribution in [-0.2, 0) is 21.2 Å². The number of halogens is 4. The molecule has 5 nitrogen and oxygen atoms in total. The molecule has 3 aromatic carbocycles. The molecule has 32 heavy (non-hydrogen) atoms. The fourth-order valence-electron chi connectivity index (χ4n) is 2.94. The van der Waals surface area contributed by atoms with Gasteiger partial charge in [0.25, 0.3) is 0 Å². The molecule has 1 N–H and O–H groups in total. The molecule has 0 aliphatic heterocycles. The molecule has 0 aromatic heterocycles. The Morgan fingerprint density at radius 2 is 1.75 bits per heavy atom. The van der Waals surface area contributed by atoms with Gasteiger partial charge >= 0.3 is 0 Å². The Morgan fingerprint density at radius 1 is 1.03 bits per heavy atom. The first-order valence-electron chi connectivity index (χ1n) is 9.41. The van der Waals surface area contributed by atoms with Gasteiger partial charge in [-0.05, 0) is 48.4 Å². The van der Waals surface area contributed by atoms with Gasteiger partial charge < -0.3 is 5.32 Å². The zero-order chi connectivity index (χ0) is 23.3. The highest BCUT2D eigenvalue weighted by molar-refractivity contribution is 9.10. The van der Waals surface area contributed by atoms with Gasteiger partial charge in [-0.1, -0.05) is 69.5 Å². The number of carbonyl (C=O) groups is 1. The zero-order valence-electron chi connectivity index (χ0n) is 16.6. The summed E-state index contributed by atoms with van der Waals surface area (Å²) < 4.78 is 42.3. The van der Waals surface area contributed by atoms with Crippen molar-refractivity contribution in [2.24, 2.45) is 0 Å². The average molecular weight is 560 g/mol. The quantitative estimate of drug-likeness (QED) is 0.381. The maximum Gasteiger partial charge on any atom is 0.245 e. The van der Waals surface area contributed by atoms with Gasteiger partial charge in [-0.15, -0.1) is 0 Å². The number of hydrogen-bond acceptors (Lipinski definition) is 3. The van der Waals surface area contributed by atoms with E-state index >= 15 is 0 Å². The molecule has 0 saturated heterocycles. The number of rotatable bonds is 8. The highest BCUT2D eigenvalue weighted by Gasteiger charge is 2.29. The molecule has 10 heteroatoms. The van der Waals surface area contributed by atoms with Crippen molar-refractivity contribution in [1.29, 1.82) is 0 Å². The summed E-state index contributed by atoms with van der Waals surface area (Å²) >= 11 is 15.2. The third-order valence-corrected chi connectivity index (χ3v) is 7.58. The molecule has 3 aromatic rings. The topological polar surface area (TPSA) is 66.5 Å². The van der Waals surface area contributed by atoms with E-state index in [0.29, 0.717) is 10.9 Å². The van der Waals surface area contributed by atoms with E-state index in [2.05, 4.69) is 21.2 Å². The van der Waals surface area contributed by atoms with E-state index < -0.39 is 28.3 Å². The monoisotopic (exact) mass is 558 g/mol. The van der Waals surface area contributed by atoms with E-state index in [1.165, 1.54) is 30.3 Å². The minimum atomic E-state index is -4.17. The van der Waals surface area contributed by atoms with E-state index in [0.717, 1.165) is 9.87 Å². The van der Waals surface area contributed by atoms with Crippen molar-refractivity contribution in [3.8, 4) is 0 Å². The molecule has 0 unspecified atom stereocenters. The predicted octanol–water partition coefficient (Wildman–Crippen LogP) is 5.77. The van der Waals surface area contributed by atoms with E-state index in [1.807, 2.05) is 30.3 Å². The van der Waals surface area contributed by atoms with Crippen molar-refractivity contribution in [3.05, 3.63) is 92.6 Å². The van der Waals surface area contributed by atoms with Crippen LogP contribution in [0.3, 0.4) is 0 Å². The second-order valence-electron chi connectivity index (χ2n) is 6.82. The summed E-state index contributed by atoms with van der Waals surface area (Å²) in [6.45, 7) is -0.529. The van der Waals surface area contributed by atoms with Crippen molar-refractivity contribution < 1.29 is 17.6 Å². The highest BCUT2D eigenvalue weighted by atomic mass is 79.9. The third kappa shape index (κ3) is 6.30. The Balaban J connectivity index is 1.87. The Bertz CT molecular complexity index is 1230. The summed E-state index contributed by atoms with van der Waals surface area (Å²) in [6.07, 6.45) is 0.359. The SMILES string of the molecule is O=C(CN(CCc1ccccc1)S(=O)(=O)c1cc(Cl)ccc1Cl)Nc1ccc(Br)cc1F. The number of benzene rings is 3. The molecule has 168 valence electrons. The molecular weight excluding hydrogens is 542 g/mol. The van der Waals surface area contributed by atoms with Crippen LogP contribution in [0.1, 0.15) is 5.56 Å². The molecule has 0 bridgehead atoms. The number of nitrogens with one attached hydrogen (secondary N) is 1. The standard InChI is InChI=1S/C22H18BrCl2FN2O3S/c23-16-6-9-20(19(26)12-16)27-22(29)14-28(11-10-15-4-2-1-3-5-15)32(30,31)21-13-17(24)7-8-18(21)25/h1-9,12-13H,10-11,14H2,(H,27,29). The van der Waals surface area contributed by atoms with Gasteiger partial charge in [0.1, 0.15) is 10.7 Å². The molecule has 0 saturated carbocycles. The maximum atomic E-state index is 14.1. The Labute approximate surface area is 204 Å². The van der Waals surface area contributed by atoms with E-state index in [9.17, 15) is 17.6 Å². The Morgan fingerprint density at radius 3 is 2.44 bits per heavy atom. The van der Waals surface area contributed by atoms with Crippen LogP contribution in [0.5, 0.6) is 0 Å². The first-order chi connectivity index (χ1) is 15.2. The molecule has 0 heterocycles. The fraction of sp³-hybridized carbons (Fsp3) is 0.136. The van der Waals surface area contributed by atoms with Gasteiger partial charge in [0.05, 0.1) is 17.3 Å². The Kier molecular flexibility index (Phi) is 8.30. The average Bonchev–Trinajstić information content (AvgIpc) is 2.75. The van der Waals surface area contributed by atoms with Gasteiger partial charge in [0, 0.05) is 16.0 Å². The molecule has 0 aliphatic rings. The normalized spacial score (nSPS) is 11.5. The van der Waals surface area contributed by atoms with Crippen LogP contribution in [0.2, 0.25) is 10.0 Å². The van der Waals surface area contributed by atoms with Crippen molar-refractivity contribution >= 4 is 60.7 Å². The lowest BCUT2D eigenvalue weighted by Crippen LogP contribution is -2.39. The van der Waals surface area contributed by atoms with Crippen molar-refractivity contribution in [3.63, 3.8) is 0 Å². The van der Waals surface area contributed by atoms with Crippen molar-refractivity contribution in [1.82, 2.24) is 4.31 Å². The molecule has 0 spiro atoms. The van der Waals surface area contributed by atoms with Crippen molar-refractivity contribution in [2.75, 3.05) is 18.4 Å². The van der Waals surface area contributed by atoms with E-state index in [1.54, 1.807) is 6.07 Å². The largest absolute Gasteiger partial charge is 0.322 e.